The van der Waals surface area contributed by atoms with Gasteiger partial charge in [-0.15, -0.1) is 0 Å². The Hall–Kier alpha value is -1.42. The van der Waals surface area contributed by atoms with Gasteiger partial charge in [0.25, 0.3) is 0 Å². The molecule has 0 aromatic heterocycles. The molecule has 0 unspecified atom stereocenters. The molecule has 3 rings (SSSR count). The van der Waals surface area contributed by atoms with Gasteiger partial charge >= 0.3 is 0 Å². The van der Waals surface area contributed by atoms with E-state index in [9.17, 15) is 40.9 Å². The summed E-state index contributed by atoms with van der Waals surface area (Å²) in [6.07, 6.45) is -15.3. The first-order valence-electron chi connectivity index (χ1n) is 9.76. The van der Waals surface area contributed by atoms with Crippen molar-refractivity contribution >= 4 is 0 Å². The SMILES string of the molecule is OCc1ccccc1O[C@@H]1O[C@H](CO)[C@@H](O[C@H]2O[C@H](CO)[C@@H](O)[C@H](O)[C@H]2O)[C@H](O)[C@H]1O. The molecule has 10 atom stereocenters. The van der Waals surface area contributed by atoms with Crippen LogP contribution in [-0.4, -0.2) is 115 Å². The minimum atomic E-state index is -1.74. The zero-order chi connectivity index (χ0) is 22.7. The summed E-state index contributed by atoms with van der Waals surface area (Å²) in [5.41, 5.74) is 0.410. The fourth-order valence-electron chi connectivity index (χ4n) is 3.53. The molecule has 0 amide bonds. The topological polar surface area (TPSA) is 199 Å². The highest BCUT2D eigenvalue weighted by Crippen LogP contribution is 2.31. The van der Waals surface area contributed by atoms with E-state index in [1.165, 1.54) is 6.07 Å². The van der Waals surface area contributed by atoms with Gasteiger partial charge in [0.1, 0.15) is 54.6 Å². The average Bonchev–Trinajstić information content (AvgIpc) is 2.78. The van der Waals surface area contributed by atoms with Crippen LogP contribution in [0.3, 0.4) is 0 Å². The first kappa shape index (κ1) is 24.2. The number of rotatable bonds is 7. The predicted octanol–water partition coefficient (Wildman–Crippen LogP) is -3.82. The second kappa shape index (κ2) is 10.5. The third-order valence-corrected chi connectivity index (χ3v) is 5.35. The second-order valence-electron chi connectivity index (χ2n) is 7.39. The standard InChI is InChI=1S/C19H28O12/c20-5-8-3-1-2-4-9(8)28-18-16(27)14(25)17(11(7-22)30-18)31-19-15(26)13(24)12(23)10(6-21)29-19/h1-4,10-27H,5-7H2/t10-,11-,12-,13+,14-,15-,16-,17-,18-,19-/m1/s1. The zero-order valence-corrected chi connectivity index (χ0v) is 16.4. The third-order valence-electron chi connectivity index (χ3n) is 5.35. The molecule has 1 aromatic rings. The summed E-state index contributed by atoms with van der Waals surface area (Å²) in [4.78, 5) is 0. The normalized spacial score (nSPS) is 41.2. The first-order valence-corrected chi connectivity index (χ1v) is 9.76. The molecule has 2 aliphatic rings. The van der Waals surface area contributed by atoms with Crippen LogP contribution in [0.25, 0.3) is 0 Å². The molecule has 2 fully saturated rings. The molecule has 2 saturated heterocycles. The lowest BCUT2D eigenvalue weighted by Crippen LogP contribution is -2.65. The number of aliphatic hydroxyl groups is 8. The Labute approximate surface area is 177 Å². The molecule has 1 aromatic carbocycles. The van der Waals surface area contributed by atoms with Crippen LogP contribution in [-0.2, 0) is 20.8 Å². The van der Waals surface area contributed by atoms with Gasteiger partial charge in [0, 0.05) is 5.56 Å². The molecule has 2 heterocycles. The van der Waals surface area contributed by atoms with Gasteiger partial charge in [0.15, 0.2) is 6.29 Å². The van der Waals surface area contributed by atoms with E-state index < -0.39 is 74.6 Å². The van der Waals surface area contributed by atoms with Crippen LogP contribution >= 0.6 is 0 Å². The van der Waals surface area contributed by atoms with Gasteiger partial charge in [-0.3, -0.25) is 0 Å². The lowest BCUT2D eigenvalue weighted by Gasteiger charge is -2.45. The number of ether oxygens (including phenoxy) is 4. The molecular weight excluding hydrogens is 420 g/mol. The molecule has 0 spiro atoms. The summed E-state index contributed by atoms with van der Waals surface area (Å²) in [5, 5.41) is 79.3. The maximum Gasteiger partial charge on any atom is 0.229 e. The van der Waals surface area contributed by atoms with Crippen LogP contribution in [0, 0.1) is 0 Å². The van der Waals surface area contributed by atoms with Gasteiger partial charge in [0.2, 0.25) is 6.29 Å². The maximum atomic E-state index is 10.6. The van der Waals surface area contributed by atoms with Crippen molar-refractivity contribution in [1.82, 2.24) is 0 Å². The Morgan fingerprint density at radius 2 is 1.32 bits per heavy atom. The third kappa shape index (κ3) is 4.99. The molecule has 31 heavy (non-hydrogen) atoms. The Morgan fingerprint density at radius 1 is 0.710 bits per heavy atom. The van der Waals surface area contributed by atoms with Crippen molar-refractivity contribution in [3.05, 3.63) is 29.8 Å². The minimum Gasteiger partial charge on any atom is -0.462 e. The molecule has 0 aliphatic carbocycles. The van der Waals surface area contributed by atoms with Gasteiger partial charge in [0.05, 0.1) is 19.8 Å². The van der Waals surface area contributed by atoms with Gasteiger partial charge in [-0.1, -0.05) is 18.2 Å². The number of benzene rings is 1. The highest BCUT2D eigenvalue weighted by atomic mass is 16.7. The van der Waals surface area contributed by atoms with Crippen LogP contribution in [0.4, 0.5) is 0 Å². The van der Waals surface area contributed by atoms with E-state index in [4.69, 9.17) is 18.9 Å². The van der Waals surface area contributed by atoms with E-state index in [0.717, 1.165) is 0 Å². The van der Waals surface area contributed by atoms with Crippen LogP contribution in [0.15, 0.2) is 24.3 Å². The van der Waals surface area contributed by atoms with E-state index in [-0.39, 0.29) is 12.4 Å². The fraction of sp³-hybridized carbons (Fsp3) is 0.684. The molecule has 2 aliphatic heterocycles. The Bertz CT molecular complexity index is 700. The smallest absolute Gasteiger partial charge is 0.229 e. The first-order chi connectivity index (χ1) is 14.8. The number of aliphatic hydroxyl groups excluding tert-OH is 8. The molecule has 12 heteroatoms. The van der Waals surface area contributed by atoms with E-state index >= 15 is 0 Å². The van der Waals surface area contributed by atoms with E-state index in [0.29, 0.717) is 5.56 Å². The number of hydrogen-bond donors (Lipinski definition) is 8. The Balaban J connectivity index is 1.73. The monoisotopic (exact) mass is 448 g/mol. The summed E-state index contributed by atoms with van der Waals surface area (Å²) in [6, 6.07) is 6.43. The minimum absolute atomic E-state index is 0.200. The van der Waals surface area contributed by atoms with Crippen LogP contribution in [0.5, 0.6) is 5.75 Å². The summed E-state index contributed by atoms with van der Waals surface area (Å²) in [5.74, 6) is 0.200. The van der Waals surface area contributed by atoms with Crippen molar-refractivity contribution in [3.8, 4) is 5.75 Å². The lowest BCUT2D eigenvalue weighted by molar-refractivity contribution is -0.352. The molecule has 0 saturated carbocycles. The molecular formula is C19H28O12. The quantitative estimate of drug-likeness (QED) is 0.203. The van der Waals surface area contributed by atoms with Crippen molar-refractivity contribution in [3.63, 3.8) is 0 Å². The van der Waals surface area contributed by atoms with Gasteiger partial charge in [-0.05, 0) is 6.07 Å². The van der Waals surface area contributed by atoms with E-state index in [1.54, 1.807) is 18.2 Å². The van der Waals surface area contributed by atoms with Crippen LogP contribution in [0.2, 0.25) is 0 Å². The largest absolute Gasteiger partial charge is 0.462 e. The van der Waals surface area contributed by atoms with Gasteiger partial charge in [-0.2, -0.15) is 0 Å². The van der Waals surface area contributed by atoms with Crippen molar-refractivity contribution < 1.29 is 59.8 Å². The Morgan fingerprint density at radius 3 is 1.97 bits per heavy atom. The molecule has 176 valence electrons. The summed E-state index contributed by atoms with van der Waals surface area (Å²) in [7, 11) is 0. The molecule has 0 radical (unpaired) electrons. The van der Waals surface area contributed by atoms with Crippen molar-refractivity contribution in [1.29, 1.82) is 0 Å². The average molecular weight is 448 g/mol. The highest BCUT2D eigenvalue weighted by molar-refractivity contribution is 5.32. The summed E-state index contributed by atoms with van der Waals surface area (Å²) >= 11 is 0. The number of para-hydroxylation sites is 1. The lowest BCUT2D eigenvalue weighted by atomic mass is 9.97. The molecule has 0 bridgehead atoms. The van der Waals surface area contributed by atoms with Gasteiger partial charge in [-0.25, -0.2) is 0 Å². The predicted molar refractivity (Wildman–Crippen MR) is 99.4 cm³/mol. The fourth-order valence-corrected chi connectivity index (χ4v) is 3.53. The van der Waals surface area contributed by atoms with E-state index in [1.807, 2.05) is 0 Å². The number of hydrogen-bond acceptors (Lipinski definition) is 12. The molecule has 8 N–H and O–H groups in total. The van der Waals surface area contributed by atoms with E-state index in [2.05, 4.69) is 0 Å². The van der Waals surface area contributed by atoms with Crippen LogP contribution < -0.4 is 4.74 Å². The zero-order valence-electron chi connectivity index (χ0n) is 16.4. The summed E-state index contributed by atoms with van der Waals surface area (Å²) in [6.45, 7) is -1.69. The van der Waals surface area contributed by atoms with Crippen LogP contribution in [0.1, 0.15) is 5.56 Å². The van der Waals surface area contributed by atoms with Gasteiger partial charge < -0.3 is 59.8 Å². The highest BCUT2D eigenvalue weighted by Gasteiger charge is 2.51. The summed E-state index contributed by atoms with van der Waals surface area (Å²) < 4.78 is 21.8. The van der Waals surface area contributed by atoms with Crippen molar-refractivity contribution in [2.45, 2.75) is 68.0 Å². The van der Waals surface area contributed by atoms with Crippen molar-refractivity contribution in [2.24, 2.45) is 0 Å². The second-order valence-corrected chi connectivity index (χ2v) is 7.39. The maximum absolute atomic E-state index is 10.6. The Kier molecular flexibility index (Phi) is 8.18. The molecule has 12 nitrogen and oxygen atoms in total. The van der Waals surface area contributed by atoms with Crippen molar-refractivity contribution in [2.75, 3.05) is 13.2 Å².